The smallest absolute Gasteiger partial charge is 0.337 e. The molecule has 0 aromatic rings. The highest BCUT2D eigenvalue weighted by molar-refractivity contribution is 5.94. The van der Waals surface area contributed by atoms with Crippen LogP contribution in [0.15, 0.2) is 11.3 Å². The number of allylic oxidation sites excluding steroid dienone is 1. The number of carbonyl (C=O) groups is 2. The summed E-state index contributed by atoms with van der Waals surface area (Å²) in [7, 11) is 1.34. The first kappa shape index (κ1) is 12.9. The van der Waals surface area contributed by atoms with Crippen molar-refractivity contribution in [1.29, 1.82) is 0 Å². The average molecular weight is 254 g/mol. The summed E-state index contributed by atoms with van der Waals surface area (Å²) in [6.07, 6.45) is 2.07. The monoisotopic (exact) mass is 254 g/mol. The fourth-order valence-electron chi connectivity index (χ4n) is 2.85. The molecule has 2 heterocycles. The molecule has 2 amide bonds. The number of aliphatic hydroxyl groups is 1. The molecule has 0 bridgehead atoms. The summed E-state index contributed by atoms with van der Waals surface area (Å²) in [6, 6.07) is -0.420. The molecule has 0 spiro atoms. The lowest BCUT2D eigenvalue weighted by Gasteiger charge is -2.35. The number of esters is 1. The molecule has 6 heteroatoms. The summed E-state index contributed by atoms with van der Waals surface area (Å²) in [5.74, 6) is -0.396. The van der Waals surface area contributed by atoms with E-state index in [4.69, 9.17) is 9.84 Å². The van der Waals surface area contributed by atoms with E-state index in [2.05, 4.69) is 5.32 Å². The summed E-state index contributed by atoms with van der Waals surface area (Å²) in [5.41, 5.74) is 1.09. The van der Waals surface area contributed by atoms with Crippen LogP contribution >= 0.6 is 0 Å². The van der Waals surface area contributed by atoms with Gasteiger partial charge in [-0.3, -0.25) is 0 Å². The molecule has 100 valence electrons. The summed E-state index contributed by atoms with van der Waals surface area (Å²) in [5, 5.41) is 11.7. The van der Waals surface area contributed by atoms with Crippen molar-refractivity contribution in [2.75, 3.05) is 13.7 Å². The lowest BCUT2D eigenvalue weighted by molar-refractivity contribution is -0.136. The van der Waals surface area contributed by atoms with E-state index in [1.165, 1.54) is 7.11 Å². The normalized spacial score (nSPS) is 27.1. The molecule has 0 aromatic heterocycles. The van der Waals surface area contributed by atoms with Gasteiger partial charge in [0.15, 0.2) is 0 Å². The molecule has 0 radical (unpaired) electrons. The topological polar surface area (TPSA) is 78.9 Å². The second-order valence-electron chi connectivity index (χ2n) is 4.63. The molecule has 2 rings (SSSR count). The maximum absolute atomic E-state index is 12.0. The molecular weight excluding hydrogens is 236 g/mol. The Hall–Kier alpha value is -1.56. The first-order chi connectivity index (χ1) is 8.60. The van der Waals surface area contributed by atoms with Crippen molar-refractivity contribution in [2.45, 2.75) is 38.3 Å². The van der Waals surface area contributed by atoms with E-state index in [-0.39, 0.29) is 24.7 Å². The first-order valence-corrected chi connectivity index (χ1v) is 6.09. The fourth-order valence-corrected chi connectivity index (χ4v) is 2.85. The van der Waals surface area contributed by atoms with E-state index in [1.54, 1.807) is 11.8 Å². The highest BCUT2D eigenvalue weighted by atomic mass is 16.5. The summed E-state index contributed by atoms with van der Waals surface area (Å²) in [6.45, 7) is 1.75. The molecule has 0 aliphatic carbocycles. The molecule has 1 fully saturated rings. The SMILES string of the molecule is COC(=O)C1=C(C)NC(=O)N2[C@@H](CCO)CC[C@@H]12. The van der Waals surface area contributed by atoms with Crippen molar-refractivity contribution in [3.63, 3.8) is 0 Å². The number of methoxy groups -OCH3 is 1. The average Bonchev–Trinajstić information content (AvgIpc) is 2.73. The van der Waals surface area contributed by atoms with Crippen molar-refractivity contribution in [3.8, 4) is 0 Å². The number of rotatable bonds is 3. The summed E-state index contributed by atoms with van der Waals surface area (Å²) >= 11 is 0. The quantitative estimate of drug-likeness (QED) is 0.713. The molecule has 0 aromatic carbocycles. The Labute approximate surface area is 106 Å². The van der Waals surface area contributed by atoms with E-state index in [9.17, 15) is 9.59 Å². The highest BCUT2D eigenvalue weighted by Gasteiger charge is 2.44. The molecule has 2 N–H and O–H groups in total. The Kier molecular flexibility index (Phi) is 3.56. The van der Waals surface area contributed by atoms with E-state index in [1.807, 2.05) is 0 Å². The number of carbonyl (C=O) groups excluding carboxylic acids is 2. The number of amides is 2. The molecule has 0 unspecified atom stereocenters. The minimum Gasteiger partial charge on any atom is -0.466 e. The van der Waals surface area contributed by atoms with E-state index in [0.717, 1.165) is 12.8 Å². The minimum atomic E-state index is -0.396. The first-order valence-electron chi connectivity index (χ1n) is 6.09. The number of fused-ring (bicyclic) bond motifs is 1. The van der Waals surface area contributed by atoms with Gasteiger partial charge < -0.3 is 20.1 Å². The van der Waals surface area contributed by atoms with Gasteiger partial charge in [-0.25, -0.2) is 9.59 Å². The van der Waals surface area contributed by atoms with Gasteiger partial charge in [0.05, 0.1) is 18.7 Å². The Morgan fingerprint density at radius 2 is 2.28 bits per heavy atom. The maximum atomic E-state index is 12.0. The summed E-state index contributed by atoms with van der Waals surface area (Å²) in [4.78, 5) is 25.4. The van der Waals surface area contributed by atoms with Gasteiger partial charge in [-0.05, 0) is 26.2 Å². The number of hydrogen-bond acceptors (Lipinski definition) is 4. The Morgan fingerprint density at radius 3 is 2.89 bits per heavy atom. The lowest BCUT2D eigenvalue weighted by Crippen LogP contribution is -2.52. The molecule has 0 saturated carbocycles. The lowest BCUT2D eigenvalue weighted by atomic mass is 10.0. The maximum Gasteiger partial charge on any atom is 0.337 e. The van der Waals surface area contributed by atoms with Crippen molar-refractivity contribution in [1.82, 2.24) is 10.2 Å². The number of nitrogens with zero attached hydrogens (tertiary/aromatic N) is 1. The van der Waals surface area contributed by atoms with Crippen molar-refractivity contribution in [2.24, 2.45) is 0 Å². The third-order valence-electron chi connectivity index (χ3n) is 3.64. The second-order valence-corrected chi connectivity index (χ2v) is 4.63. The molecule has 1 saturated heterocycles. The molecule has 18 heavy (non-hydrogen) atoms. The van der Waals surface area contributed by atoms with Crippen LogP contribution in [0.4, 0.5) is 4.79 Å². The predicted octanol–water partition coefficient (Wildman–Crippen LogP) is 0.372. The Balaban J connectivity index is 2.31. The van der Waals surface area contributed by atoms with Crippen LogP contribution < -0.4 is 5.32 Å². The van der Waals surface area contributed by atoms with Gasteiger partial charge in [-0.2, -0.15) is 0 Å². The Morgan fingerprint density at radius 1 is 1.56 bits per heavy atom. The second kappa shape index (κ2) is 4.97. The highest BCUT2D eigenvalue weighted by Crippen LogP contribution is 2.34. The predicted molar refractivity (Wildman–Crippen MR) is 63.6 cm³/mol. The molecule has 2 atom stereocenters. The van der Waals surface area contributed by atoms with Gasteiger partial charge in [0.1, 0.15) is 0 Å². The van der Waals surface area contributed by atoms with Gasteiger partial charge in [0.2, 0.25) is 0 Å². The fraction of sp³-hybridized carbons (Fsp3) is 0.667. The number of ether oxygens (including phenoxy) is 1. The zero-order chi connectivity index (χ0) is 13.3. The van der Waals surface area contributed by atoms with Crippen LogP contribution in [-0.2, 0) is 9.53 Å². The van der Waals surface area contributed by atoms with Crippen LogP contribution in [0.2, 0.25) is 0 Å². The number of urea groups is 1. The summed E-state index contributed by atoms with van der Waals surface area (Å²) < 4.78 is 4.77. The van der Waals surface area contributed by atoms with Gasteiger partial charge in [-0.1, -0.05) is 0 Å². The molecular formula is C12H18N2O4. The van der Waals surface area contributed by atoms with E-state index in [0.29, 0.717) is 17.7 Å². The van der Waals surface area contributed by atoms with Crippen LogP contribution in [0, 0.1) is 0 Å². The number of aliphatic hydroxyl groups excluding tert-OH is 1. The number of hydrogen-bond donors (Lipinski definition) is 2. The minimum absolute atomic E-state index is 0.00671. The van der Waals surface area contributed by atoms with Crippen molar-refractivity contribution >= 4 is 12.0 Å². The Bertz CT molecular complexity index is 405. The van der Waals surface area contributed by atoms with Crippen LogP contribution in [0.5, 0.6) is 0 Å². The van der Waals surface area contributed by atoms with Crippen molar-refractivity contribution < 1.29 is 19.4 Å². The third kappa shape index (κ3) is 1.96. The van der Waals surface area contributed by atoms with Crippen LogP contribution in [0.25, 0.3) is 0 Å². The van der Waals surface area contributed by atoms with Gasteiger partial charge >= 0.3 is 12.0 Å². The molecule has 2 aliphatic rings. The van der Waals surface area contributed by atoms with Crippen molar-refractivity contribution in [3.05, 3.63) is 11.3 Å². The van der Waals surface area contributed by atoms with Crippen LogP contribution in [-0.4, -0.2) is 47.8 Å². The molecule has 6 nitrogen and oxygen atoms in total. The number of nitrogens with one attached hydrogen (secondary N) is 1. The zero-order valence-corrected chi connectivity index (χ0v) is 10.6. The van der Waals surface area contributed by atoms with Gasteiger partial charge in [0.25, 0.3) is 0 Å². The zero-order valence-electron chi connectivity index (χ0n) is 10.6. The van der Waals surface area contributed by atoms with E-state index >= 15 is 0 Å². The van der Waals surface area contributed by atoms with Gasteiger partial charge in [0, 0.05) is 18.3 Å². The van der Waals surface area contributed by atoms with E-state index < -0.39 is 5.97 Å². The van der Waals surface area contributed by atoms with Crippen LogP contribution in [0.1, 0.15) is 26.2 Å². The largest absolute Gasteiger partial charge is 0.466 e. The van der Waals surface area contributed by atoms with Crippen LogP contribution in [0.3, 0.4) is 0 Å². The molecule has 2 aliphatic heterocycles. The standard InChI is InChI=1S/C12H18N2O4/c1-7-10(11(16)18-2)9-4-3-8(5-6-15)14(9)12(17)13-7/h8-9,15H,3-6H2,1-2H3,(H,13,17)/t8-,9+/m1/s1. The third-order valence-corrected chi connectivity index (χ3v) is 3.64. The van der Waals surface area contributed by atoms with Gasteiger partial charge in [-0.15, -0.1) is 0 Å².